The Kier molecular flexibility index (Phi) is 4.94. The molecular formula is C16H8Cl2F3N3. The van der Waals surface area contributed by atoms with E-state index in [9.17, 15) is 18.4 Å². The molecular weight excluding hydrogens is 362 g/mol. The van der Waals surface area contributed by atoms with Crippen LogP contribution in [0.2, 0.25) is 10.0 Å². The molecule has 0 spiro atoms. The second kappa shape index (κ2) is 6.60. The van der Waals surface area contributed by atoms with Crippen LogP contribution in [0, 0.1) is 22.7 Å². The Morgan fingerprint density at radius 3 is 2.25 bits per heavy atom. The molecule has 8 heteroatoms. The van der Waals surface area contributed by atoms with Crippen molar-refractivity contribution in [2.24, 2.45) is 0 Å². The summed E-state index contributed by atoms with van der Waals surface area (Å²) in [7, 11) is 0. The summed E-state index contributed by atoms with van der Waals surface area (Å²) in [5, 5.41) is 17.8. The van der Waals surface area contributed by atoms with Gasteiger partial charge in [-0.1, -0.05) is 29.8 Å². The van der Waals surface area contributed by atoms with Crippen molar-refractivity contribution in [1.29, 1.82) is 10.5 Å². The van der Waals surface area contributed by atoms with Crippen LogP contribution >= 0.6 is 23.2 Å². The minimum atomic E-state index is -4.59. The summed E-state index contributed by atoms with van der Waals surface area (Å²) in [6, 6.07) is 8.35. The average Bonchev–Trinajstić information content (AvgIpc) is 2.95. The maximum absolute atomic E-state index is 12.8. The lowest BCUT2D eigenvalue weighted by Crippen LogP contribution is -2.09. The van der Waals surface area contributed by atoms with E-state index in [4.69, 9.17) is 28.5 Å². The zero-order chi connectivity index (χ0) is 18.1. The number of hydrogen-bond donors (Lipinski definition) is 0. The van der Waals surface area contributed by atoms with Crippen LogP contribution in [0.5, 0.6) is 0 Å². The van der Waals surface area contributed by atoms with Crippen LogP contribution in [0.4, 0.5) is 13.2 Å². The van der Waals surface area contributed by atoms with Gasteiger partial charge in [-0.15, -0.1) is 0 Å². The van der Waals surface area contributed by atoms with E-state index in [1.54, 1.807) is 18.2 Å². The predicted molar refractivity (Wildman–Crippen MR) is 83.9 cm³/mol. The van der Waals surface area contributed by atoms with Crippen LogP contribution in [0.3, 0.4) is 0 Å². The normalized spacial score (nSPS) is 12.3. The molecule has 0 aliphatic carbocycles. The molecule has 2 aromatic rings. The third kappa shape index (κ3) is 3.26. The first kappa shape index (κ1) is 17.9. The minimum absolute atomic E-state index is 0.00314. The van der Waals surface area contributed by atoms with Gasteiger partial charge in [-0.3, -0.25) is 0 Å². The Balaban J connectivity index is 2.64. The minimum Gasteiger partial charge on any atom is -0.316 e. The van der Waals surface area contributed by atoms with Gasteiger partial charge in [0.05, 0.1) is 33.4 Å². The van der Waals surface area contributed by atoms with E-state index in [-0.39, 0.29) is 21.3 Å². The Hall–Kier alpha value is -2.41. The lowest BCUT2D eigenvalue weighted by Gasteiger charge is -2.17. The maximum Gasteiger partial charge on any atom is 0.416 e. The van der Waals surface area contributed by atoms with Crippen LogP contribution in [0.1, 0.15) is 17.2 Å². The van der Waals surface area contributed by atoms with Gasteiger partial charge in [-0.05, 0) is 24.3 Å². The van der Waals surface area contributed by atoms with E-state index in [1.807, 2.05) is 6.07 Å². The highest BCUT2D eigenvalue weighted by Crippen LogP contribution is 2.39. The fourth-order valence-corrected chi connectivity index (χ4v) is 2.85. The van der Waals surface area contributed by atoms with Gasteiger partial charge in [0.15, 0.2) is 0 Å². The van der Waals surface area contributed by atoms with Crippen molar-refractivity contribution in [3.05, 3.63) is 63.9 Å². The quantitative estimate of drug-likeness (QED) is 0.671. The van der Waals surface area contributed by atoms with Crippen molar-refractivity contribution in [3.8, 4) is 17.8 Å². The van der Waals surface area contributed by atoms with E-state index in [1.165, 1.54) is 10.8 Å². The number of allylic oxidation sites excluding steroid dienone is 1. The molecule has 0 bridgehead atoms. The standard InChI is InChI=1S/C16H8Cl2F3N3/c1-9(7-22)11(8-23)14-3-2-4-24(14)15-12(17)5-10(6-13(15)18)16(19,20)21/h2-6,11H,1H2. The third-order valence-corrected chi connectivity index (χ3v) is 3.86. The Bertz CT molecular complexity index is 862. The monoisotopic (exact) mass is 369 g/mol. The molecule has 1 heterocycles. The fourth-order valence-electron chi connectivity index (χ4n) is 2.18. The number of halogens is 5. The van der Waals surface area contributed by atoms with Crippen molar-refractivity contribution < 1.29 is 13.2 Å². The molecule has 0 N–H and O–H groups in total. The smallest absolute Gasteiger partial charge is 0.316 e. The van der Waals surface area contributed by atoms with E-state index >= 15 is 0 Å². The molecule has 0 saturated heterocycles. The molecule has 1 aromatic carbocycles. The number of hydrogen-bond acceptors (Lipinski definition) is 2. The molecule has 0 radical (unpaired) electrons. The highest BCUT2D eigenvalue weighted by atomic mass is 35.5. The van der Waals surface area contributed by atoms with E-state index in [2.05, 4.69) is 6.58 Å². The highest BCUT2D eigenvalue weighted by Gasteiger charge is 2.32. The number of benzene rings is 1. The number of nitriles is 2. The molecule has 0 fully saturated rings. The summed E-state index contributed by atoms with van der Waals surface area (Å²) < 4.78 is 39.8. The van der Waals surface area contributed by atoms with Crippen molar-refractivity contribution in [3.63, 3.8) is 0 Å². The van der Waals surface area contributed by atoms with E-state index in [0.717, 1.165) is 12.1 Å². The van der Waals surface area contributed by atoms with Crippen molar-refractivity contribution >= 4 is 23.2 Å². The summed E-state index contributed by atoms with van der Waals surface area (Å²) in [5.41, 5.74) is -0.560. The van der Waals surface area contributed by atoms with Gasteiger partial charge in [0.1, 0.15) is 5.92 Å². The molecule has 0 aliphatic heterocycles. The molecule has 2 rings (SSSR count). The second-order valence-corrected chi connectivity index (χ2v) is 5.60. The van der Waals surface area contributed by atoms with Crippen molar-refractivity contribution in [1.82, 2.24) is 4.57 Å². The third-order valence-electron chi connectivity index (χ3n) is 3.28. The molecule has 0 aliphatic rings. The van der Waals surface area contributed by atoms with Gasteiger partial charge in [-0.2, -0.15) is 23.7 Å². The first-order chi connectivity index (χ1) is 11.2. The SMILES string of the molecule is C=C(C#N)C(C#N)c1cccn1-c1c(Cl)cc(C(F)(F)F)cc1Cl. The molecule has 1 unspecified atom stereocenters. The predicted octanol–water partition coefficient (Wildman–Crippen LogP) is 5.49. The van der Waals surface area contributed by atoms with Gasteiger partial charge in [0.25, 0.3) is 0 Å². The van der Waals surface area contributed by atoms with Crippen LogP contribution in [-0.4, -0.2) is 4.57 Å². The first-order valence-corrected chi connectivity index (χ1v) is 7.18. The lowest BCUT2D eigenvalue weighted by atomic mass is 9.99. The molecule has 0 amide bonds. The van der Waals surface area contributed by atoms with E-state index < -0.39 is 17.7 Å². The molecule has 1 aromatic heterocycles. The summed E-state index contributed by atoms with van der Waals surface area (Å²) in [6.45, 7) is 3.51. The zero-order valence-electron chi connectivity index (χ0n) is 11.9. The topological polar surface area (TPSA) is 52.5 Å². The Morgan fingerprint density at radius 1 is 1.21 bits per heavy atom. The molecule has 122 valence electrons. The van der Waals surface area contributed by atoms with Gasteiger partial charge < -0.3 is 4.57 Å². The summed E-state index contributed by atoms with van der Waals surface area (Å²) >= 11 is 12.0. The number of rotatable bonds is 3. The van der Waals surface area contributed by atoms with Gasteiger partial charge in [0, 0.05) is 17.5 Å². The molecule has 0 saturated carbocycles. The summed E-state index contributed by atoms with van der Waals surface area (Å²) in [5.74, 6) is -0.973. The lowest BCUT2D eigenvalue weighted by molar-refractivity contribution is -0.137. The first-order valence-electron chi connectivity index (χ1n) is 6.43. The summed E-state index contributed by atoms with van der Waals surface area (Å²) in [4.78, 5) is 0. The Labute approximate surface area is 145 Å². The largest absolute Gasteiger partial charge is 0.416 e. The number of nitrogens with zero attached hydrogens (tertiary/aromatic N) is 3. The molecule has 3 nitrogen and oxygen atoms in total. The van der Waals surface area contributed by atoms with Crippen molar-refractivity contribution in [2.45, 2.75) is 12.1 Å². The Morgan fingerprint density at radius 2 is 1.79 bits per heavy atom. The van der Waals surface area contributed by atoms with Crippen LogP contribution in [0.25, 0.3) is 5.69 Å². The number of alkyl halides is 3. The van der Waals surface area contributed by atoms with Gasteiger partial charge >= 0.3 is 6.18 Å². The summed E-state index contributed by atoms with van der Waals surface area (Å²) in [6.07, 6.45) is -3.10. The highest BCUT2D eigenvalue weighted by molar-refractivity contribution is 6.37. The van der Waals surface area contributed by atoms with Crippen LogP contribution in [0.15, 0.2) is 42.6 Å². The van der Waals surface area contributed by atoms with Gasteiger partial charge in [0.2, 0.25) is 0 Å². The number of aromatic nitrogens is 1. The molecule has 1 atom stereocenters. The maximum atomic E-state index is 12.8. The fraction of sp³-hybridized carbons (Fsp3) is 0.125. The zero-order valence-corrected chi connectivity index (χ0v) is 13.4. The average molecular weight is 370 g/mol. The van der Waals surface area contributed by atoms with Crippen molar-refractivity contribution in [2.75, 3.05) is 0 Å². The van der Waals surface area contributed by atoms with Gasteiger partial charge in [-0.25, -0.2) is 0 Å². The van der Waals surface area contributed by atoms with E-state index in [0.29, 0.717) is 5.69 Å². The second-order valence-electron chi connectivity index (χ2n) is 4.79. The van der Waals surface area contributed by atoms with Crippen LogP contribution in [-0.2, 0) is 6.18 Å². The van der Waals surface area contributed by atoms with Crippen LogP contribution < -0.4 is 0 Å². The molecule has 24 heavy (non-hydrogen) atoms.